The van der Waals surface area contributed by atoms with Crippen LogP contribution in [0.2, 0.25) is 0 Å². The number of hydrogen-bond acceptors (Lipinski definition) is 5. The summed E-state index contributed by atoms with van der Waals surface area (Å²) in [5, 5.41) is 10.3. The zero-order chi connectivity index (χ0) is 11.6. The van der Waals surface area contributed by atoms with Crippen molar-refractivity contribution in [2.24, 2.45) is 0 Å². The molecule has 0 aliphatic rings. The van der Waals surface area contributed by atoms with Crippen LogP contribution in [0.3, 0.4) is 0 Å². The molecule has 0 bridgehead atoms. The number of benzene rings is 1. The van der Waals surface area contributed by atoms with E-state index in [2.05, 4.69) is 4.74 Å². The van der Waals surface area contributed by atoms with E-state index in [9.17, 15) is 19.3 Å². The number of esters is 1. The summed E-state index contributed by atoms with van der Waals surface area (Å²) < 4.78 is 17.5. The fourth-order valence-electron chi connectivity index (χ4n) is 1.04. The molecule has 0 amide bonds. The van der Waals surface area contributed by atoms with Crippen LogP contribution >= 0.6 is 0 Å². The number of nitrogens with two attached hydrogens (primary N) is 1. The molecule has 0 saturated carbocycles. The van der Waals surface area contributed by atoms with Crippen molar-refractivity contribution in [1.29, 1.82) is 0 Å². The maximum Gasteiger partial charge on any atom is 0.342 e. The molecule has 0 unspecified atom stereocenters. The Kier molecular flexibility index (Phi) is 2.84. The van der Waals surface area contributed by atoms with Gasteiger partial charge in [0.05, 0.1) is 23.8 Å². The van der Waals surface area contributed by atoms with Crippen molar-refractivity contribution in [3.63, 3.8) is 0 Å². The average molecular weight is 214 g/mol. The van der Waals surface area contributed by atoms with Gasteiger partial charge in [-0.15, -0.1) is 0 Å². The number of hydrogen-bond donors (Lipinski definition) is 1. The summed E-state index contributed by atoms with van der Waals surface area (Å²) in [7, 11) is 1.06. The molecule has 0 atom stereocenters. The third kappa shape index (κ3) is 2.01. The van der Waals surface area contributed by atoms with Crippen molar-refractivity contribution < 1.29 is 18.8 Å². The highest BCUT2D eigenvalue weighted by atomic mass is 19.1. The van der Waals surface area contributed by atoms with Crippen LogP contribution < -0.4 is 5.73 Å². The first-order valence-electron chi connectivity index (χ1n) is 3.79. The van der Waals surface area contributed by atoms with Crippen molar-refractivity contribution in [2.75, 3.05) is 12.8 Å². The molecule has 0 saturated heterocycles. The van der Waals surface area contributed by atoms with Crippen LogP contribution in [0.4, 0.5) is 15.8 Å². The average Bonchev–Trinajstić information content (AvgIpc) is 2.16. The lowest BCUT2D eigenvalue weighted by atomic mass is 10.1. The normalized spacial score (nSPS) is 9.73. The van der Waals surface area contributed by atoms with Crippen molar-refractivity contribution in [3.05, 3.63) is 33.6 Å². The molecule has 0 aliphatic heterocycles. The highest BCUT2D eigenvalue weighted by Gasteiger charge is 2.20. The van der Waals surface area contributed by atoms with E-state index in [0.717, 1.165) is 13.2 Å². The molecular weight excluding hydrogens is 207 g/mol. The van der Waals surface area contributed by atoms with E-state index in [-0.39, 0.29) is 5.69 Å². The van der Waals surface area contributed by atoms with Gasteiger partial charge in [0.2, 0.25) is 0 Å². The Morgan fingerprint density at radius 2 is 2.20 bits per heavy atom. The minimum absolute atomic E-state index is 0.325. The van der Waals surface area contributed by atoms with Gasteiger partial charge in [-0.05, 0) is 0 Å². The Labute approximate surface area is 83.6 Å². The molecule has 0 spiro atoms. The van der Waals surface area contributed by atoms with Crippen LogP contribution in [0.15, 0.2) is 12.1 Å². The summed E-state index contributed by atoms with van der Waals surface area (Å²) in [5.41, 5.74) is 3.95. The van der Waals surface area contributed by atoms with E-state index >= 15 is 0 Å². The summed E-state index contributed by atoms with van der Waals surface area (Å²) in [6.45, 7) is 0. The fraction of sp³-hybridized carbons (Fsp3) is 0.125. The molecule has 7 heteroatoms. The third-order valence-corrected chi connectivity index (χ3v) is 1.71. The first kappa shape index (κ1) is 10.9. The van der Waals surface area contributed by atoms with Gasteiger partial charge in [-0.2, -0.15) is 0 Å². The van der Waals surface area contributed by atoms with Crippen molar-refractivity contribution in [1.82, 2.24) is 0 Å². The number of non-ortho nitro benzene ring substituents is 1. The van der Waals surface area contributed by atoms with E-state index in [1.54, 1.807) is 0 Å². The maximum absolute atomic E-state index is 13.2. The van der Waals surface area contributed by atoms with Gasteiger partial charge in [0, 0.05) is 6.07 Å². The van der Waals surface area contributed by atoms with E-state index in [4.69, 9.17) is 5.73 Å². The van der Waals surface area contributed by atoms with Crippen LogP contribution in [0.25, 0.3) is 0 Å². The first-order chi connectivity index (χ1) is 6.97. The second kappa shape index (κ2) is 3.91. The van der Waals surface area contributed by atoms with E-state index in [1.165, 1.54) is 0 Å². The second-order valence-corrected chi connectivity index (χ2v) is 2.64. The largest absolute Gasteiger partial charge is 0.465 e. The van der Waals surface area contributed by atoms with Crippen molar-refractivity contribution in [2.45, 2.75) is 0 Å². The van der Waals surface area contributed by atoms with Gasteiger partial charge in [0.15, 0.2) is 0 Å². The fourth-order valence-corrected chi connectivity index (χ4v) is 1.04. The number of carbonyl (C=O) groups is 1. The molecular formula is C8H7FN2O4. The summed E-state index contributed by atoms with van der Waals surface area (Å²) >= 11 is 0. The zero-order valence-corrected chi connectivity index (χ0v) is 7.69. The zero-order valence-electron chi connectivity index (χ0n) is 7.69. The van der Waals surface area contributed by atoms with Crippen LogP contribution in [0, 0.1) is 15.9 Å². The summed E-state index contributed by atoms with van der Waals surface area (Å²) in [6, 6.07) is 1.51. The topological polar surface area (TPSA) is 95.5 Å². The number of rotatable bonds is 2. The molecule has 0 aliphatic carbocycles. The first-order valence-corrected chi connectivity index (χ1v) is 3.79. The van der Waals surface area contributed by atoms with Gasteiger partial charge in [-0.1, -0.05) is 0 Å². The van der Waals surface area contributed by atoms with E-state index in [1.807, 2.05) is 0 Å². The smallest absolute Gasteiger partial charge is 0.342 e. The molecule has 0 heterocycles. The van der Waals surface area contributed by atoms with Crippen molar-refractivity contribution >= 4 is 17.3 Å². The minimum atomic E-state index is -1.08. The molecule has 80 valence electrons. The summed E-state index contributed by atoms with van der Waals surface area (Å²) in [5.74, 6) is -2.05. The lowest BCUT2D eigenvalue weighted by molar-refractivity contribution is -0.385. The minimum Gasteiger partial charge on any atom is -0.465 e. The lowest BCUT2D eigenvalue weighted by Gasteiger charge is -2.04. The Bertz CT molecular complexity index is 410. The Morgan fingerprint density at radius 3 is 2.60 bits per heavy atom. The lowest BCUT2D eigenvalue weighted by Crippen LogP contribution is -2.09. The van der Waals surface area contributed by atoms with Crippen molar-refractivity contribution in [3.8, 4) is 0 Å². The summed E-state index contributed by atoms with van der Waals surface area (Å²) in [6.07, 6.45) is 0. The van der Waals surface area contributed by atoms with Crippen LogP contribution in [0.1, 0.15) is 10.4 Å². The van der Waals surface area contributed by atoms with E-state index < -0.39 is 28.0 Å². The molecule has 0 aromatic heterocycles. The predicted molar refractivity (Wildman–Crippen MR) is 48.8 cm³/mol. The number of carbonyl (C=O) groups excluding carboxylic acids is 1. The highest BCUT2D eigenvalue weighted by molar-refractivity contribution is 5.95. The van der Waals surface area contributed by atoms with E-state index in [0.29, 0.717) is 6.07 Å². The number of halogens is 1. The quantitative estimate of drug-likeness (QED) is 0.344. The number of anilines is 1. The SMILES string of the molecule is COC(=O)c1c(N)cc([N+](=O)[O-])cc1F. The maximum atomic E-state index is 13.2. The molecule has 1 aromatic carbocycles. The van der Waals surface area contributed by atoms with Gasteiger partial charge in [0.1, 0.15) is 11.4 Å². The molecule has 1 aromatic rings. The van der Waals surface area contributed by atoms with Crippen LogP contribution in [0.5, 0.6) is 0 Å². The number of nitrogen functional groups attached to an aromatic ring is 1. The van der Waals surface area contributed by atoms with Crippen LogP contribution in [-0.2, 0) is 4.74 Å². The number of ether oxygens (including phenoxy) is 1. The van der Waals surface area contributed by atoms with Gasteiger partial charge in [-0.25, -0.2) is 9.18 Å². The Hall–Kier alpha value is -2.18. The molecule has 2 N–H and O–H groups in total. The van der Waals surface area contributed by atoms with Gasteiger partial charge < -0.3 is 10.5 Å². The number of nitro groups is 1. The molecule has 0 radical (unpaired) electrons. The van der Waals surface area contributed by atoms with Gasteiger partial charge >= 0.3 is 5.97 Å². The third-order valence-electron chi connectivity index (χ3n) is 1.71. The second-order valence-electron chi connectivity index (χ2n) is 2.64. The number of nitrogens with zero attached hydrogens (tertiary/aromatic N) is 1. The standard InChI is InChI=1S/C8H7FN2O4/c1-15-8(12)7-5(9)2-4(11(13)14)3-6(7)10/h2-3H,10H2,1H3. The number of nitro benzene ring substituents is 1. The van der Waals surface area contributed by atoms with Gasteiger partial charge in [-0.3, -0.25) is 10.1 Å². The monoisotopic (exact) mass is 214 g/mol. The molecule has 0 fully saturated rings. The molecule has 1 rings (SSSR count). The highest BCUT2D eigenvalue weighted by Crippen LogP contribution is 2.23. The molecule has 15 heavy (non-hydrogen) atoms. The summed E-state index contributed by atoms with van der Waals surface area (Å²) in [4.78, 5) is 20.5. The molecule has 6 nitrogen and oxygen atoms in total. The van der Waals surface area contributed by atoms with Crippen LogP contribution in [-0.4, -0.2) is 18.0 Å². The Morgan fingerprint density at radius 1 is 1.60 bits per heavy atom. The van der Waals surface area contributed by atoms with Gasteiger partial charge in [0.25, 0.3) is 5.69 Å². The number of methoxy groups -OCH3 is 1. The Balaban J connectivity index is 3.33. The predicted octanol–water partition coefficient (Wildman–Crippen LogP) is 1.10.